The molecule has 0 unspecified atom stereocenters. The molecule has 190 valence electrons. The molecule has 3 aromatic rings. The minimum atomic E-state index is -0.156. The summed E-state index contributed by atoms with van der Waals surface area (Å²) < 4.78 is 19.9. The Balaban J connectivity index is 1.92. The van der Waals surface area contributed by atoms with Crippen molar-refractivity contribution in [2.45, 2.75) is 72.4 Å². The molecule has 0 aliphatic heterocycles. The second-order valence-electron chi connectivity index (χ2n) is 9.73. The Morgan fingerprint density at radius 1 is 1.14 bits per heavy atom. The summed E-state index contributed by atoms with van der Waals surface area (Å²) in [6.07, 6.45) is 1.84. The zero-order valence-electron chi connectivity index (χ0n) is 21.9. The maximum Gasteiger partial charge on any atom is 0.401 e. The number of nitrogen functional groups attached to an aromatic ring is 1. The van der Waals surface area contributed by atoms with E-state index in [1.165, 1.54) is 9.20 Å². The maximum absolute atomic E-state index is 13.3. The normalized spacial score (nSPS) is 11.9. The molecule has 0 bridgehead atoms. The second-order valence-corrected chi connectivity index (χ2v) is 9.73. The van der Waals surface area contributed by atoms with Crippen molar-refractivity contribution in [3.63, 3.8) is 0 Å². The van der Waals surface area contributed by atoms with Crippen LogP contribution in [0.4, 0.5) is 5.95 Å². The van der Waals surface area contributed by atoms with Crippen LogP contribution in [0.2, 0.25) is 0 Å². The van der Waals surface area contributed by atoms with Gasteiger partial charge in [-0.3, -0.25) is 10.5 Å². The number of fused-ring (bicyclic) bond motifs is 1. The van der Waals surface area contributed by atoms with E-state index in [1.807, 2.05) is 25.1 Å². The lowest BCUT2D eigenvalue weighted by molar-refractivity contribution is -0.723. The van der Waals surface area contributed by atoms with Crippen molar-refractivity contribution in [2.75, 3.05) is 26.1 Å². The first kappa shape index (κ1) is 26.4. The van der Waals surface area contributed by atoms with Gasteiger partial charge in [-0.05, 0) is 48.9 Å². The quantitative estimate of drug-likeness (QED) is 0.251. The predicted molar refractivity (Wildman–Crippen MR) is 134 cm³/mol. The number of hydrogen-bond acceptors (Lipinski definition) is 7. The van der Waals surface area contributed by atoms with E-state index < -0.39 is 0 Å². The first-order chi connectivity index (χ1) is 16.6. The minimum Gasteiger partial charge on any atom is -0.491 e. The zero-order valence-corrected chi connectivity index (χ0v) is 21.9. The number of Topliss-reactive ketones (excluding diaryl/α,β-unsaturated/α-hetero) is 1. The van der Waals surface area contributed by atoms with Crippen LogP contribution >= 0.6 is 0 Å². The van der Waals surface area contributed by atoms with Gasteiger partial charge in [0.05, 0.1) is 6.61 Å². The summed E-state index contributed by atoms with van der Waals surface area (Å²) in [5, 5.41) is 9.08. The molecule has 9 nitrogen and oxygen atoms in total. The van der Waals surface area contributed by atoms with Gasteiger partial charge in [0.15, 0.2) is 12.3 Å². The number of aryl methyl sites for hydroxylation is 1. The first-order valence-electron chi connectivity index (χ1n) is 12.1. The van der Waals surface area contributed by atoms with Gasteiger partial charge in [-0.2, -0.15) is 0 Å². The van der Waals surface area contributed by atoms with Crippen molar-refractivity contribution in [1.82, 2.24) is 14.7 Å². The van der Waals surface area contributed by atoms with Crippen molar-refractivity contribution in [3.8, 4) is 11.6 Å². The molecule has 0 aliphatic rings. The second kappa shape index (κ2) is 11.0. The Morgan fingerprint density at radius 3 is 2.49 bits per heavy atom. The van der Waals surface area contributed by atoms with Gasteiger partial charge in [0.1, 0.15) is 18.5 Å². The molecule has 0 radical (unpaired) electrons. The fourth-order valence-electron chi connectivity index (χ4n) is 3.69. The largest absolute Gasteiger partial charge is 0.491 e. The van der Waals surface area contributed by atoms with E-state index in [4.69, 9.17) is 19.9 Å². The summed E-state index contributed by atoms with van der Waals surface area (Å²) >= 11 is 0. The number of anilines is 1. The van der Waals surface area contributed by atoms with E-state index in [0.29, 0.717) is 36.1 Å². The molecule has 0 saturated carbocycles. The zero-order chi connectivity index (χ0) is 25.8. The fraction of sp³-hybridized carbons (Fsp3) is 0.538. The van der Waals surface area contributed by atoms with Gasteiger partial charge in [-0.15, -0.1) is 4.68 Å². The molecule has 0 atom stereocenters. The molecule has 2 aromatic heterocycles. The van der Waals surface area contributed by atoms with Gasteiger partial charge in [-0.25, -0.2) is 0 Å². The van der Waals surface area contributed by atoms with Gasteiger partial charge < -0.3 is 14.2 Å². The van der Waals surface area contributed by atoms with E-state index in [2.05, 4.69) is 44.8 Å². The Bertz CT molecular complexity index is 1180. The van der Waals surface area contributed by atoms with Gasteiger partial charge in [-0.1, -0.05) is 49.3 Å². The minimum absolute atomic E-state index is 0.0253. The number of ether oxygens (including phenoxy) is 3. The first-order valence-corrected chi connectivity index (χ1v) is 12.1. The van der Waals surface area contributed by atoms with Gasteiger partial charge in [0, 0.05) is 24.3 Å². The summed E-state index contributed by atoms with van der Waals surface area (Å²) in [7, 11) is 1.62. The van der Waals surface area contributed by atoms with Crippen LogP contribution in [0, 0.1) is 6.92 Å². The number of carbonyl (C=O) groups excluding carboxylic acids is 1. The summed E-state index contributed by atoms with van der Waals surface area (Å²) in [5.74, 6) is 1.25. The third kappa shape index (κ3) is 6.28. The molecule has 2 heterocycles. The Hall–Kier alpha value is -3.20. The summed E-state index contributed by atoms with van der Waals surface area (Å²) in [6.45, 7) is 13.2. The highest BCUT2D eigenvalue weighted by Crippen LogP contribution is 2.28. The summed E-state index contributed by atoms with van der Waals surface area (Å²) in [6, 6.07) is 7.48. The third-order valence-electron chi connectivity index (χ3n) is 5.93. The topological polar surface area (TPSA) is 105 Å². The number of rotatable bonds is 11. The average molecular weight is 485 g/mol. The molecule has 0 aliphatic carbocycles. The van der Waals surface area contributed by atoms with Gasteiger partial charge in [0.25, 0.3) is 5.65 Å². The number of carbonyl (C=O) groups is 1. The smallest absolute Gasteiger partial charge is 0.401 e. The van der Waals surface area contributed by atoms with E-state index in [9.17, 15) is 4.79 Å². The van der Waals surface area contributed by atoms with Crippen LogP contribution in [0.25, 0.3) is 5.65 Å². The molecule has 0 fully saturated rings. The number of benzene rings is 1. The molecule has 9 heteroatoms. The van der Waals surface area contributed by atoms with Crippen molar-refractivity contribution < 1.29 is 23.7 Å². The molecule has 3 rings (SSSR count). The van der Waals surface area contributed by atoms with Crippen molar-refractivity contribution >= 4 is 17.4 Å². The number of nitrogens with two attached hydrogens (primary N) is 1. The lowest BCUT2D eigenvalue weighted by atomic mass is 9.85. The number of hydrogen-bond donors (Lipinski definition) is 1. The molecule has 0 spiro atoms. The number of ketones is 1. The SMILES string of the molecule is CCC(CC)Oc1cc(C)c2n[n+](CC(=O)c3cc(OCCOC)cc(C(C)(C)C)c3)c(N)n2n1. The molecule has 2 N–H and O–H groups in total. The van der Waals surface area contributed by atoms with Gasteiger partial charge in [0.2, 0.25) is 5.88 Å². The number of aromatic nitrogens is 4. The lowest BCUT2D eigenvalue weighted by Gasteiger charge is -2.21. The lowest BCUT2D eigenvalue weighted by Crippen LogP contribution is -2.42. The van der Waals surface area contributed by atoms with Crippen LogP contribution in [-0.2, 0) is 16.7 Å². The van der Waals surface area contributed by atoms with Crippen LogP contribution in [0.1, 0.15) is 68.9 Å². The number of methoxy groups -OCH3 is 1. The maximum atomic E-state index is 13.3. The predicted octanol–water partition coefficient (Wildman–Crippen LogP) is 3.68. The highest BCUT2D eigenvalue weighted by molar-refractivity contribution is 5.95. The van der Waals surface area contributed by atoms with E-state index in [1.54, 1.807) is 13.2 Å². The molecule has 0 amide bonds. The van der Waals surface area contributed by atoms with Gasteiger partial charge >= 0.3 is 5.95 Å². The Labute approximate surface area is 207 Å². The standard InChI is InChI=1S/C26H37N5O4/c1-8-20(9-2)35-23-12-17(3)24-29-30(25(27)31(24)28-23)16-22(32)18-13-19(26(4,5)6)15-21(14-18)34-11-10-33-7/h12-15,20,27H,8-11,16H2,1-7H3/p+1. The van der Waals surface area contributed by atoms with Crippen molar-refractivity contribution in [1.29, 1.82) is 0 Å². The molecule has 1 aromatic carbocycles. The molecule has 35 heavy (non-hydrogen) atoms. The fourth-order valence-corrected chi connectivity index (χ4v) is 3.69. The van der Waals surface area contributed by atoms with Crippen LogP contribution in [0.3, 0.4) is 0 Å². The Kier molecular flexibility index (Phi) is 8.32. The van der Waals surface area contributed by atoms with Crippen LogP contribution in [-0.4, -0.2) is 46.9 Å². The van der Waals surface area contributed by atoms with Crippen molar-refractivity contribution in [3.05, 3.63) is 41.0 Å². The average Bonchev–Trinajstić information content (AvgIpc) is 3.12. The van der Waals surface area contributed by atoms with E-state index in [0.717, 1.165) is 24.0 Å². The summed E-state index contributed by atoms with van der Waals surface area (Å²) in [4.78, 5) is 13.3. The number of nitrogens with zero attached hydrogens (tertiary/aromatic N) is 4. The van der Waals surface area contributed by atoms with Crippen LogP contribution in [0.5, 0.6) is 11.6 Å². The highest BCUT2D eigenvalue weighted by atomic mass is 16.5. The van der Waals surface area contributed by atoms with E-state index in [-0.39, 0.29) is 29.8 Å². The monoisotopic (exact) mass is 484 g/mol. The molecule has 0 saturated heterocycles. The molecular weight excluding hydrogens is 446 g/mol. The van der Waals surface area contributed by atoms with E-state index >= 15 is 0 Å². The molecular formula is C26H38N5O4+. The van der Waals surface area contributed by atoms with Crippen molar-refractivity contribution in [2.24, 2.45) is 0 Å². The third-order valence-corrected chi connectivity index (χ3v) is 5.93. The summed E-state index contributed by atoms with van der Waals surface area (Å²) in [5.41, 5.74) is 9.20. The van der Waals surface area contributed by atoms with Crippen LogP contribution in [0.15, 0.2) is 24.3 Å². The Morgan fingerprint density at radius 2 is 1.86 bits per heavy atom. The van der Waals surface area contributed by atoms with Crippen LogP contribution < -0.4 is 19.9 Å². The highest BCUT2D eigenvalue weighted by Gasteiger charge is 2.25.